The number of rotatable bonds is 1. The Morgan fingerprint density at radius 2 is 1.88 bits per heavy atom. The molecule has 4 nitrogen and oxygen atoms in total. The quantitative estimate of drug-likeness (QED) is 0.543. The van der Waals surface area contributed by atoms with Crippen LogP contribution in [-0.4, -0.2) is 11.3 Å². The Labute approximate surface area is 139 Å². The summed E-state index contributed by atoms with van der Waals surface area (Å²) < 4.78 is 18.8. The second-order valence-electron chi connectivity index (χ2n) is 6.36. The van der Waals surface area contributed by atoms with Gasteiger partial charge in [0.1, 0.15) is 18.5 Å². The number of aryl methyl sites for hydroxylation is 2. The lowest BCUT2D eigenvalue weighted by Gasteiger charge is -2.25. The molecule has 0 bridgehead atoms. The molecule has 0 saturated heterocycles. The fourth-order valence-electron chi connectivity index (χ4n) is 3.54. The Hall–Kier alpha value is -2.32. The minimum atomic E-state index is -2.67. The van der Waals surface area contributed by atoms with Gasteiger partial charge in [-0.3, -0.25) is 0 Å². The molecule has 0 aliphatic carbocycles. The zero-order valence-electron chi connectivity index (χ0n) is 13.3. The minimum Gasteiger partial charge on any atom is -0.507 e. The first-order chi connectivity index (χ1) is 11.5. The fraction of sp³-hybridized carbons (Fsp3) is 0.211. The van der Waals surface area contributed by atoms with Crippen LogP contribution in [0.3, 0.4) is 0 Å². The Morgan fingerprint density at radius 1 is 1.12 bits per heavy atom. The summed E-state index contributed by atoms with van der Waals surface area (Å²) in [5.74, 6) is 0.112. The van der Waals surface area contributed by atoms with Crippen LogP contribution in [0.25, 0.3) is 11.0 Å². The summed E-state index contributed by atoms with van der Waals surface area (Å²) in [5, 5.41) is 11.7. The predicted octanol–water partition coefficient (Wildman–Crippen LogP) is 3.55. The first kappa shape index (κ1) is 15.2. The van der Waals surface area contributed by atoms with Gasteiger partial charge in [-0.05, 0) is 36.6 Å². The molecule has 0 saturated carbocycles. The van der Waals surface area contributed by atoms with E-state index in [4.69, 9.17) is 4.42 Å². The SMILES string of the molecule is Cc1cc(O)c2c3c(c(=O)oc2c1)CP(=O)(c1ccccc1)CC3. The van der Waals surface area contributed by atoms with Crippen LogP contribution in [0.1, 0.15) is 16.7 Å². The average molecular weight is 340 g/mol. The molecule has 24 heavy (non-hydrogen) atoms. The predicted molar refractivity (Wildman–Crippen MR) is 94.8 cm³/mol. The molecule has 2 heterocycles. The van der Waals surface area contributed by atoms with E-state index in [9.17, 15) is 14.5 Å². The van der Waals surface area contributed by atoms with Crippen LogP contribution in [-0.2, 0) is 17.1 Å². The van der Waals surface area contributed by atoms with E-state index in [-0.39, 0.29) is 11.9 Å². The summed E-state index contributed by atoms with van der Waals surface area (Å²) in [4.78, 5) is 12.5. The summed E-state index contributed by atoms with van der Waals surface area (Å²) in [6, 6.07) is 12.7. The highest BCUT2D eigenvalue weighted by Gasteiger charge is 2.34. The van der Waals surface area contributed by atoms with E-state index in [0.717, 1.165) is 16.4 Å². The summed E-state index contributed by atoms with van der Waals surface area (Å²) in [6.07, 6.45) is 1.19. The van der Waals surface area contributed by atoms with Crippen molar-refractivity contribution in [3.8, 4) is 5.75 Å². The zero-order chi connectivity index (χ0) is 16.9. The lowest BCUT2D eigenvalue weighted by molar-refractivity contribution is 0.477. The van der Waals surface area contributed by atoms with Crippen LogP contribution in [0.15, 0.2) is 51.7 Å². The van der Waals surface area contributed by atoms with E-state index in [2.05, 4.69) is 0 Å². The Bertz CT molecular complexity index is 1050. The Balaban J connectivity index is 1.93. The largest absolute Gasteiger partial charge is 0.507 e. The first-order valence-electron chi connectivity index (χ1n) is 7.90. The number of aromatic hydroxyl groups is 1. The monoisotopic (exact) mass is 340 g/mol. The van der Waals surface area contributed by atoms with Gasteiger partial charge in [-0.2, -0.15) is 0 Å². The van der Waals surface area contributed by atoms with E-state index < -0.39 is 12.8 Å². The van der Waals surface area contributed by atoms with E-state index >= 15 is 0 Å². The molecule has 1 aliphatic rings. The molecular formula is C19H17O4P. The highest BCUT2D eigenvalue weighted by molar-refractivity contribution is 7.70. The van der Waals surface area contributed by atoms with Gasteiger partial charge in [-0.1, -0.05) is 30.3 Å². The van der Waals surface area contributed by atoms with Crippen LogP contribution in [0.4, 0.5) is 0 Å². The highest BCUT2D eigenvalue weighted by Crippen LogP contribution is 2.52. The van der Waals surface area contributed by atoms with Crippen LogP contribution < -0.4 is 10.9 Å². The Morgan fingerprint density at radius 3 is 2.62 bits per heavy atom. The third kappa shape index (κ3) is 2.30. The molecule has 3 aromatic rings. The van der Waals surface area contributed by atoms with Crippen molar-refractivity contribution >= 4 is 23.4 Å². The first-order valence-corrected chi connectivity index (χ1v) is 9.97. The van der Waals surface area contributed by atoms with Gasteiger partial charge < -0.3 is 14.1 Å². The molecule has 0 amide bonds. The maximum absolute atomic E-state index is 13.4. The number of fused-ring (bicyclic) bond motifs is 3. The molecule has 5 heteroatoms. The van der Waals surface area contributed by atoms with Crippen LogP contribution in [0.5, 0.6) is 5.75 Å². The molecule has 0 radical (unpaired) electrons. The number of phenols is 1. The van der Waals surface area contributed by atoms with Crippen molar-refractivity contribution in [2.45, 2.75) is 19.5 Å². The summed E-state index contributed by atoms with van der Waals surface area (Å²) in [6.45, 7) is 1.84. The van der Waals surface area contributed by atoms with Crippen molar-refractivity contribution in [1.29, 1.82) is 0 Å². The topological polar surface area (TPSA) is 67.5 Å². The van der Waals surface area contributed by atoms with E-state index in [1.165, 1.54) is 0 Å². The number of hydrogen-bond acceptors (Lipinski definition) is 4. The molecule has 2 aromatic carbocycles. The molecular weight excluding hydrogens is 323 g/mol. The third-order valence-electron chi connectivity index (χ3n) is 4.70. The normalized spacial score (nSPS) is 20.0. The molecule has 1 N–H and O–H groups in total. The molecule has 0 spiro atoms. The van der Waals surface area contributed by atoms with Gasteiger partial charge in [-0.15, -0.1) is 0 Å². The third-order valence-corrected chi connectivity index (χ3v) is 7.72. The van der Waals surface area contributed by atoms with Crippen molar-refractivity contribution in [3.63, 3.8) is 0 Å². The van der Waals surface area contributed by atoms with Crippen molar-refractivity contribution in [1.82, 2.24) is 0 Å². The van der Waals surface area contributed by atoms with Crippen molar-refractivity contribution in [2.24, 2.45) is 0 Å². The van der Waals surface area contributed by atoms with Gasteiger partial charge in [0, 0.05) is 23.2 Å². The maximum Gasteiger partial charge on any atom is 0.340 e. The van der Waals surface area contributed by atoms with Gasteiger partial charge in [0.25, 0.3) is 0 Å². The van der Waals surface area contributed by atoms with Crippen molar-refractivity contribution < 1.29 is 14.1 Å². The number of phenolic OH excluding ortho intramolecular Hbond substituents is 1. The minimum absolute atomic E-state index is 0.112. The fourth-order valence-corrected chi connectivity index (χ4v) is 6.27. The highest BCUT2D eigenvalue weighted by atomic mass is 31.2. The molecule has 4 rings (SSSR count). The molecule has 1 unspecified atom stereocenters. The number of benzene rings is 2. The van der Waals surface area contributed by atoms with Crippen molar-refractivity contribution in [3.05, 3.63) is 69.6 Å². The van der Waals surface area contributed by atoms with Gasteiger partial charge in [0.2, 0.25) is 0 Å². The summed E-state index contributed by atoms with van der Waals surface area (Å²) >= 11 is 0. The molecule has 1 atom stereocenters. The lowest BCUT2D eigenvalue weighted by atomic mass is 10.0. The molecule has 0 fully saturated rings. The van der Waals surface area contributed by atoms with E-state index in [1.807, 2.05) is 37.3 Å². The van der Waals surface area contributed by atoms with Crippen LogP contribution in [0.2, 0.25) is 0 Å². The van der Waals surface area contributed by atoms with Gasteiger partial charge in [-0.25, -0.2) is 4.79 Å². The second-order valence-corrected chi connectivity index (χ2v) is 9.42. The van der Waals surface area contributed by atoms with Gasteiger partial charge >= 0.3 is 5.63 Å². The second kappa shape index (κ2) is 5.35. The standard InChI is InChI=1S/C19H17O4P/c1-12-9-16(20)18-14-7-8-24(22,13-5-3-2-4-6-13)11-15(14)19(21)23-17(18)10-12/h2-6,9-10,20H,7-8,11H2,1H3. The smallest absolute Gasteiger partial charge is 0.340 e. The van der Waals surface area contributed by atoms with E-state index in [1.54, 1.807) is 12.1 Å². The molecule has 1 aliphatic heterocycles. The maximum atomic E-state index is 13.4. The molecule has 1 aromatic heterocycles. The van der Waals surface area contributed by atoms with Crippen LogP contribution >= 0.6 is 7.14 Å². The zero-order valence-corrected chi connectivity index (χ0v) is 14.2. The lowest BCUT2D eigenvalue weighted by Crippen LogP contribution is -2.22. The van der Waals surface area contributed by atoms with Gasteiger partial charge in [0.05, 0.1) is 5.39 Å². The number of hydrogen-bond donors (Lipinski definition) is 1. The van der Waals surface area contributed by atoms with Gasteiger partial charge in [0.15, 0.2) is 0 Å². The summed E-state index contributed by atoms with van der Waals surface area (Å²) in [7, 11) is -2.67. The summed E-state index contributed by atoms with van der Waals surface area (Å²) in [5.41, 5.74) is 2.00. The molecule has 122 valence electrons. The Kier molecular flexibility index (Phi) is 3.40. The average Bonchev–Trinajstić information content (AvgIpc) is 2.56. The van der Waals surface area contributed by atoms with E-state index in [0.29, 0.717) is 29.1 Å². The van der Waals surface area contributed by atoms with Crippen molar-refractivity contribution in [2.75, 3.05) is 6.16 Å². The van der Waals surface area contributed by atoms with Crippen LogP contribution in [0, 0.1) is 6.92 Å².